The molecule has 24 heavy (non-hydrogen) atoms. The van der Waals surface area contributed by atoms with Gasteiger partial charge in [0.1, 0.15) is 5.60 Å². The number of anilines is 2. The number of benzene rings is 1. The summed E-state index contributed by atoms with van der Waals surface area (Å²) < 4.78 is 5.21. The van der Waals surface area contributed by atoms with Gasteiger partial charge < -0.3 is 20.7 Å². The zero-order valence-electron chi connectivity index (χ0n) is 14.8. The Labute approximate surface area is 143 Å². The summed E-state index contributed by atoms with van der Waals surface area (Å²) in [5, 5.41) is 3.80. The second-order valence-corrected chi connectivity index (χ2v) is 6.78. The first-order valence-corrected chi connectivity index (χ1v) is 8.09. The number of nitrogens with one attached hydrogen (secondary N) is 1. The highest BCUT2D eigenvalue weighted by atomic mass is 16.6. The highest BCUT2D eigenvalue weighted by Crippen LogP contribution is 2.27. The van der Waals surface area contributed by atoms with E-state index in [1.54, 1.807) is 6.20 Å². The van der Waals surface area contributed by atoms with E-state index in [1.807, 2.05) is 52.1 Å². The number of aromatic nitrogens is 1. The lowest BCUT2D eigenvalue weighted by atomic mass is 10.1. The number of nitrogens with zero attached hydrogens (tertiary/aromatic N) is 2. The summed E-state index contributed by atoms with van der Waals surface area (Å²) in [6.45, 7) is 6.90. The van der Waals surface area contributed by atoms with E-state index in [0.717, 1.165) is 29.6 Å². The van der Waals surface area contributed by atoms with Crippen molar-refractivity contribution in [3.8, 4) is 0 Å². The second-order valence-electron chi connectivity index (χ2n) is 6.78. The number of alkyl carbamates (subject to hydrolysis) is 1. The molecule has 0 spiro atoms. The van der Waals surface area contributed by atoms with E-state index in [-0.39, 0.29) is 6.09 Å². The molecule has 6 nitrogen and oxygen atoms in total. The van der Waals surface area contributed by atoms with Crippen LogP contribution >= 0.6 is 0 Å². The van der Waals surface area contributed by atoms with Crippen molar-refractivity contribution in [3.05, 3.63) is 30.5 Å². The smallest absolute Gasteiger partial charge is 0.407 e. The number of nitrogen functional groups attached to an aromatic ring is 1. The maximum absolute atomic E-state index is 11.6. The monoisotopic (exact) mass is 330 g/mol. The van der Waals surface area contributed by atoms with Crippen molar-refractivity contribution in [1.82, 2.24) is 10.3 Å². The van der Waals surface area contributed by atoms with Crippen LogP contribution in [0.5, 0.6) is 0 Å². The van der Waals surface area contributed by atoms with Gasteiger partial charge in [0.2, 0.25) is 0 Å². The third-order valence-electron chi connectivity index (χ3n) is 3.53. The van der Waals surface area contributed by atoms with E-state index in [2.05, 4.69) is 15.2 Å². The largest absolute Gasteiger partial charge is 0.444 e. The molecular formula is C18H26N4O2. The lowest BCUT2D eigenvalue weighted by Gasteiger charge is -2.22. The molecule has 0 radical (unpaired) electrons. The van der Waals surface area contributed by atoms with Gasteiger partial charge in [0.15, 0.2) is 0 Å². The van der Waals surface area contributed by atoms with Crippen molar-refractivity contribution in [1.29, 1.82) is 0 Å². The SMILES string of the molecule is CN(CCCNC(=O)OC(C)(C)C)c1ccnc2c(N)cccc12. The number of ether oxygens (including phenoxy) is 1. The predicted molar refractivity (Wildman–Crippen MR) is 98.3 cm³/mol. The lowest BCUT2D eigenvalue weighted by molar-refractivity contribution is 0.0527. The summed E-state index contributed by atoms with van der Waals surface area (Å²) in [4.78, 5) is 18.1. The Morgan fingerprint density at radius 2 is 2.08 bits per heavy atom. The van der Waals surface area contributed by atoms with Gasteiger partial charge in [-0.2, -0.15) is 0 Å². The van der Waals surface area contributed by atoms with Gasteiger partial charge in [-0.25, -0.2) is 4.79 Å². The quantitative estimate of drug-likeness (QED) is 0.650. The van der Waals surface area contributed by atoms with Crippen molar-refractivity contribution >= 4 is 28.4 Å². The summed E-state index contributed by atoms with van der Waals surface area (Å²) in [6, 6.07) is 7.77. The van der Waals surface area contributed by atoms with Gasteiger partial charge in [-0.15, -0.1) is 0 Å². The van der Waals surface area contributed by atoms with Crippen LogP contribution in [0.3, 0.4) is 0 Å². The molecule has 0 bridgehead atoms. The molecule has 0 atom stereocenters. The second kappa shape index (κ2) is 7.38. The van der Waals surface area contributed by atoms with Crippen molar-refractivity contribution in [3.63, 3.8) is 0 Å². The Morgan fingerprint density at radius 1 is 1.33 bits per heavy atom. The number of fused-ring (bicyclic) bond motifs is 1. The molecule has 1 aromatic carbocycles. The standard InChI is InChI=1S/C18H26N4O2/c1-18(2,3)24-17(23)21-10-6-12-22(4)15-9-11-20-16-13(15)7-5-8-14(16)19/h5,7-9,11H,6,10,12,19H2,1-4H3,(H,21,23). The lowest BCUT2D eigenvalue weighted by Crippen LogP contribution is -2.34. The average molecular weight is 330 g/mol. The first-order chi connectivity index (χ1) is 11.3. The Balaban J connectivity index is 1.91. The van der Waals surface area contributed by atoms with Crippen molar-refractivity contribution in [2.45, 2.75) is 32.8 Å². The fourth-order valence-electron chi connectivity index (χ4n) is 2.46. The van der Waals surface area contributed by atoms with Crippen LogP contribution in [0.25, 0.3) is 10.9 Å². The van der Waals surface area contributed by atoms with Crippen LogP contribution in [0.1, 0.15) is 27.2 Å². The molecule has 0 saturated carbocycles. The van der Waals surface area contributed by atoms with Gasteiger partial charge in [0.05, 0.1) is 11.2 Å². The molecule has 0 saturated heterocycles. The molecule has 0 unspecified atom stereocenters. The van der Waals surface area contributed by atoms with E-state index in [1.165, 1.54) is 0 Å². The number of carbonyl (C=O) groups excluding carboxylic acids is 1. The van der Waals surface area contributed by atoms with Gasteiger partial charge >= 0.3 is 6.09 Å². The highest BCUT2D eigenvalue weighted by molar-refractivity contribution is 5.97. The molecule has 0 aliphatic carbocycles. The molecule has 0 fully saturated rings. The number of nitrogens with two attached hydrogens (primary N) is 1. The summed E-state index contributed by atoms with van der Waals surface area (Å²) in [5.41, 5.74) is 8.08. The topological polar surface area (TPSA) is 80.5 Å². The van der Waals surface area contributed by atoms with Gasteiger partial charge in [-0.3, -0.25) is 4.98 Å². The minimum atomic E-state index is -0.475. The first kappa shape index (κ1) is 17.8. The summed E-state index contributed by atoms with van der Waals surface area (Å²) >= 11 is 0. The van der Waals surface area contributed by atoms with Crippen molar-refractivity contribution in [2.24, 2.45) is 0 Å². The van der Waals surface area contributed by atoms with Gasteiger partial charge in [-0.05, 0) is 39.3 Å². The number of rotatable bonds is 5. The number of carbonyl (C=O) groups is 1. The zero-order valence-corrected chi connectivity index (χ0v) is 14.8. The van der Waals surface area contributed by atoms with E-state index >= 15 is 0 Å². The van der Waals surface area contributed by atoms with Crippen LogP contribution in [0.15, 0.2) is 30.5 Å². The number of para-hydroxylation sites is 1. The van der Waals surface area contributed by atoms with Gasteiger partial charge in [0.25, 0.3) is 0 Å². The van der Waals surface area contributed by atoms with Gasteiger partial charge in [-0.1, -0.05) is 12.1 Å². The molecule has 1 amide bonds. The molecule has 0 aliphatic heterocycles. The zero-order chi connectivity index (χ0) is 17.7. The van der Waals surface area contributed by atoms with Gasteiger partial charge in [0, 0.05) is 37.4 Å². The first-order valence-electron chi connectivity index (χ1n) is 8.09. The molecule has 1 heterocycles. The van der Waals surface area contributed by atoms with Crippen LogP contribution in [-0.2, 0) is 4.74 Å². The van der Waals surface area contributed by atoms with E-state index in [4.69, 9.17) is 10.5 Å². The Bertz CT molecular complexity index is 710. The van der Waals surface area contributed by atoms with Crippen molar-refractivity contribution in [2.75, 3.05) is 30.8 Å². The molecule has 3 N–H and O–H groups in total. The number of hydrogen-bond acceptors (Lipinski definition) is 5. The molecule has 2 rings (SSSR count). The number of amides is 1. The summed E-state index contributed by atoms with van der Waals surface area (Å²) in [5.74, 6) is 0. The molecular weight excluding hydrogens is 304 g/mol. The number of pyridine rings is 1. The molecule has 1 aromatic heterocycles. The maximum atomic E-state index is 11.6. The van der Waals surface area contributed by atoms with Crippen molar-refractivity contribution < 1.29 is 9.53 Å². The maximum Gasteiger partial charge on any atom is 0.407 e. The molecule has 130 valence electrons. The van der Waals surface area contributed by atoms with Crippen LogP contribution in [0, 0.1) is 0 Å². The fraction of sp³-hybridized carbons (Fsp3) is 0.444. The number of hydrogen-bond donors (Lipinski definition) is 2. The normalized spacial score (nSPS) is 11.3. The third kappa shape index (κ3) is 4.75. The Morgan fingerprint density at radius 3 is 2.79 bits per heavy atom. The van der Waals surface area contributed by atoms with E-state index in [0.29, 0.717) is 12.2 Å². The predicted octanol–water partition coefficient (Wildman–Crippen LogP) is 3.17. The third-order valence-corrected chi connectivity index (χ3v) is 3.53. The molecule has 6 heteroatoms. The fourth-order valence-corrected chi connectivity index (χ4v) is 2.46. The van der Waals surface area contributed by atoms with Crippen LogP contribution in [0.2, 0.25) is 0 Å². The van der Waals surface area contributed by atoms with Crippen LogP contribution in [0.4, 0.5) is 16.2 Å². The molecule has 2 aromatic rings. The van der Waals surface area contributed by atoms with E-state index in [9.17, 15) is 4.79 Å². The van der Waals surface area contributed by atoms with E-state index < -0.39 is 5.60 Å². The Hall–Kier alpha value is -2.50. The minimum Gasteiger partial charge on any atom is -0.444 e. The Kier molecular flexibility index (Phi) is 5.49. The van der Waals surface area contributed by atoms with Crippen LogP contribution in [-0.4, -0.2) is 36.8 Å². The minimum absolute atomic E-state index is 0.382. The summed E-state index contributed by atoms with van der Waals surface area (Å²) in [6.07, 6.45) is 2.19. The van der Waals surface area contributed by atoms with Crippen LogP contribution < -0.4 is 16.0 Å². The summed E-state index contributed by atoms with van der Waals surface area (Å²) in [7, 11) is 2.02. The molecule has 0 aliphatic rings. The highest BCUT2D eigenvalue weighted by Gasteiger charge is 2.15. The average Bonchev–Trinajstić information content (AvgIpc) is 2.49.